The van der Waals surface area contributed by atoms with Gasteiger partial charge in [-0.3, -0.25) is 9.59 Å². The summed E-state index contributed by atoms with van der Waals surface area (Å²) in [7, 11) is 1.62. The van der Waals surface area contributed by atoms with E-state index < -0.39 is 0 Å². The molecule has 1 fully saturated rings. The summed E-state index contributed by atoms with van der Waals surface area (Å²) in [5.41, 5.74) is 4.39. The Bertz CT molecular complexity index is 1610. The fraction of sp³-hybridized carbons (Fsp3) is 0.194. The van der Waals surface area contributed by atoms with Crippen molar-refractivity contribution in [2.75, 3.05) is 20.2 Å². The zero-order valence-corrected chi connectivity index (χ0v) is 21.7. The number of rotatable bonds is 7. The third kappa shape index (κ3) is 5.13. The standard InChI is InChI=1S/C31H29N5O3/c1-39-27-11-12-28-24(17-27)18-29(33-28)31(38)34-20-26(15-22-7-3-2-4-8-22)35(30(37)21-34)19-23-9-5-10-25(16-23)36-14-6-13-32-36/h2-14,16-18,26,33H,15,19-21H2,1H3/t26-/m0/s1. The number of fused-ring (bicyclic) bond motifs is 1. The van der Waals surface area contributed by atoms with Gasteiger partial charge in [0.05, 0.1) is 18.8 Å². The molecule has 3 aromatic carbocycles. The Kier molecular flexibility index (Phi) is 6.59. The normalized spacial score (nSPS) is 15.6. The van der Waals surface area contributed by atoms with Crippen LogP contribution in [-0.2, 0) is 17.8 Å². The third-order valence-electron chi connectivity index (χ3n) is 7.21. The highest BCUT2D eigenvalue weighted by Crippen LogP contribution is 2.25. The first-order valence-corrected chi connectivity index (χ1v) is 13.0. The molecule has 8 heteroatoms. The number of benzene rings is 3. The number of ether oxygens (including phenoxy) is 1. The van der Waals surface area contributed by atoms with Crippen molar-refractivity contribution in [3.8, 4) is 11.4 Å². The van der Waals surface area contributed by atoms with Crippen molar-refractivity contribution < 1.29 is 14.3 Å². The quantitative estimate of drug-likeness (QED) is 0.344. The number of methoxy groups -OCH3 is 1. The van der Waals surface area contributed by atoms with E-state index >= 15 is 0 Å². The summed E-state index contributed by atoms with van der Waals surface area (Å²) in [6.45, 7) is 0.929. The molecule has 1 atom stereocenters. The molecular weight excluding hydrogens is 490 g/mol. The van der Waals surface area contributed by atoms with Crippen molar-refractivity contribution in [2.24, 2.45) is 0 Å². The van der Waals surface area contributed by atoms with E-state index in [4.69, 9.17) is 4.74 Å². The summed E-state index contributed by atoms with van der Waals surface area (Å²) in [4.78, 5) is 34.0. The Morgan fingerprint density at radius 1 is 1.00 bits per heavy atom. The summed E-state index contributed by atoms with van der Waals surface area (Å²) >= 11 is 0. The molecule has 1 saturated heterocycles. The molecule has 0 spiro atoms. The second-order valence-corrected chi connectivity index (χ2v) is 9.81. The van der Waals surface area contributed by atoms with Gasteiger partial charge in [-0.25, -0.2) is 4.68 Å². The number of aromatic nitrogens is 3. The Hall–Kier alpha value is -4.85. The lowest BCUT2D eigenvalue weighted by Gasteiger charge is -2.41. The highest BCUT2D eigenvalue weighted by Gasteiger charge is 2.35. The highest BCUT2D eigenvalue weighted by atomic mass is 16.5. The molecule has 0 bridgehead atoms. The molecule has 0 aliphatic carbocycles. The Morgan fingerprint density at radius 2 is 1.85 bits per heavy atom. The van der Waals surface area contributed by atoms with Gasteiger partial charge in [-0.05, 0) is 60.0 Å². The van der Waals surface area contributed by atoms with Crippen molar-refractivity contribution in [3.63, 3.8) is 0 Å². The highest BCUT2D eigenvalue weighted by molar-refractivity contribution is 6.00. The summed E-state index contributed by atoms with van der Waals surface area (Å²) in [5.74, 6) is 0.471. The van der Waals surface area contributed by atoms with Crippen LogP contribution in [0.1, 0.15) is 21.6 Å². The molecule has 1 aliphatic heterocycles. The Morgan fingerprint density at radius 3 is 2.64 bits per heavy atom. The predicted octanol–water partition coefficient (Wildman–Crippen LogP) is 4.46. The Balaban J connectivity index is 1.26. The van der Waals surface area contributed by atoms with E-state index in [2.05, 4.69) is 28.3 Å². The lowest BCUT2D eigenvalue weighted by molar-refractivity contribution is -0.139. The first kappa shape index (κ1) is 24.5. The molecule has 2 aromatic heterocycles. The molecule has 39 heavy (non-hydrogen) atoms. The molecule has 6 rings (SSSR count). The van der Waals surface area contributed by atoms with Crippen LogP contribution >= 0.6 is 0 Å². The zero-order chi connectivity index (χ0) is 26.8. The van der Waals surface area contributed by atoms with Gasteiger partial charge < -0.3 is 19.5 Å². The van der Waals surface area contributed by atoms with Crippen LogP contribution in [0.15, 0.2) is 97.3 Å². The SMILES string of the molecule is COc1ccc2[nH]c(C(=O)N3CC(=O)N(Cc4cccc(-n5cccn5)c4)[C@@H](Cc4ccccc4)C3)cc2c1. The smallest absolute Gasteiger partial charge is 0.270 e. The van der Waals surface area contributed by atoms with Gasteiger partial charge in [0.25, 0.3) is 5.91 Å². The van der Waals surface area contributed by atoms with Crippen molar-refractivity contribution in [1.29, 1.82) is 0 Å². The van der Waals surface area contributed by atoms with Gasteiger partial charge in [0.1, 0.15) is 18.0 Å². The van der Waals surface area contributed by atoms with Crippen LogP contribution in [0.25, 0.3) is 16.6 Å². The Labute approximate surface area is 226 Å². The predicted molar refractivity (Wildman–Crippen MR) is 149 cm³/mol. The minimum absolute atomic E-state index is 0.0294. The van der Waals surface area contributed by atoms with Crippen molar-refractivity contribution in [1.82, 2.24) is 24.6 Å². The summed E-state index contributed by atoms with van der Waals surface area (Å²) < 4.78 is 7.12. The molecule has 2 amide bonds. The van der Waals surface area contributed by atoms with Crippen LogP contribution in [0.2, 0.25) is 0 Å². The molecule has 8 nitrogen and oxygen atoms in total. The van der Waals surface area contributed by atoms with Gasteiger partial charge in [0.2, 0.25) is 5.91 Å². The van der Waals surface area contributed by atoms with E-state index in [1.54, 1.807) is 22.9 Å². The second-order valence-electron chi connectivity index (χ2n) is 9.81. The molecule has 0 saturated carbocycles. The van der Waals surface area contributed by atoms with Crippen molar-refractivity contribution in [2.45, 2.75) is 19.0 Å². The molecule has 0 unspecified atom stereocenters. The number of amides is 2. The topological polar surface area (TPSA) is 83.5 Å². The molecule has 5 aromatic rings. The number of nitrogens with zero attached hydrogens (tertiary/aromatic N) is 4. The lowest BCUT2D eigenvalue weighted by Crippen LogP contribution is -2.58. The van der Waals surface area contributed by atoms with Gasteiger partial charge in [-0.15, -0.1) is 0 Å². The first-order chi connectivity index (χ1) is 19.1. The van der Waals surface area contributed by atoms with E-state index in [1.165, 1.54) is 0 Å². The average molecular weight is 520 g/mol. The molecule has 3 heterocycles. The summed E-state index contributed by atoms with van der Waals surface area (Å²) in [6, 6.07) is 27.3. The van der Waals surface area contributed by atoms with E-state index in [0.29, 0.717) is 25.2 Å². The van der Waals surface area contributed by atoms with Crippen LogP contribution in [0.5, 0.6) is 5.75 Å². The molecule has 1 aliphatic rings. The molecular formula is C31H29N5O3. The van der Waals surface area contributed by atoms with Crippen molar-refractivity contribution >= 4 is 22.7 Å². The van der Waals surface area contributed by atoms with Gasteiger partial charge >= 0.3 is 0 Å². The molecule has 196 valence electrons. The fourth-order valence-corrected chi connectivity index (χ4v) is 5.25. The second kappa shape index (κ2) is 10.5. The number of nitrogens with one attached hydrogen (secondary N) is 1. The van der Waals surface area contributed by atoms with E-state index in [-0.39, 0.29) is 24.4 Å². The third-order valence-corrected chi connectivity index (χ3v) is 7.21. The summed E-state index contributed by atoms with van der Waals surface area (Å²) in [5, 5.41) is 5.22. The first-order valence-electron chi connectivity index (χ1n) is 13.0. The number of H-pyrrole nitrogens is 1. The van der Waals surface area contributed by atoms with E-state index in [1.807, 2.05) is 77.8 Å². The van der Waals surface area contributed by atoms with Gasteiger partial charge in [0, 0.05) is 36.4 Å². The minimum atomic E-state index is -0.183. The number of aromatic amines is 1. The lowest BCUT2D eigenvalue weighted by atomic mass is 10.0. The van der Waals surface area contributed by atoms with Gasteiger partial charge in [0.15, 0.2) is 0 Å². The van der Waals surface area contributed by atoms with Crippen LogP contribution in [0, 0.1) is 0 Å². The number of piperazine rings is 1. The number of hydrogen-bond acceptors (Lipinski definition) is 4. The minimum Gasteiger partial charge on any atom is -0.497 e. The van der Waals surface area contributed by atoms with Gasteiger partial charge in [-0.1, -0.05) is 42.5 Å². The van der Waals surface area contributed by atoms with Gasteiger partial charge in [-0.2, -0.15) is 5.10 Å². The zero-order valence-electron chi connectivity index (χ0n) is 21.7. The van der Waals surface area contributed by atoms with Crippen LogP contribution in [0.4, 0.5) is 0 Å². The number of carbonyl (C=O) groups excluding carboxylic acids is 2. The fourth-order valence-electron chi connectivity index (χ4n) is 5.25. The van der Waals surface area contributed by atoms with Crippen LogP contribution < -0.4 is 4.74 Å². The van der Waals surface area contributed by atoms with Crippen molar-refractivity contribution in [3.05, 3.63) is 114 Å². The van der Waals surface area contributed by atoms with Crippen LogP contribution in [0.3, 0.4) is 0 Å². The number of hydrogen-bond donors (Lipinski definition) is 1. The van der Waals surface area contributed by atoms with Crippen LogP contribution in [-0.4, -0.2) is 62.6 Å². The van der Waals surface area contributed by atoms with E-state index in [0.717, 1.165) is 33.5 Å². The maximum absolute atomic E-state index is 13.6. The molecule has 0 radical (unpaired) electrons. The summed E-state index contributed by atoms with van der Waals surface area (Å²) in [6.07, 6.45) is 4.29. The van der Waals surface area contributed by atoms with E-state index in [9.17, 15) is 9.59 Å². The monoisotopic (exact) mass is 519 g/mol. The largest absolute Gasteiger partial charge is 0.497 e. The maximum atomic E-state index is 13.6. The number of carbonyl (C=O) groups is 2. The average Bonchev–Trinajstić information content (AvgIpc) is 3.65. The molecule has 1 N–H and O–H groups in total. The maximum Gasteiger partial charge on any atom is 0.270 e.